The van der Waals surface area contributed by atoms with Crippen LogP contribution < -0.4 is 4.90 Å². The van der Waals surface area contributed by atoms with E-state index in [0.717, 1.165) is 27.9 Å². The molecule has 1 aliphatic heterocycles. The highest BCUT2D eigenvalue weighted by molar-refractivity contribution is 6.05. The molecule has 0 fully saturated rings. The standard InChI is InChI=1S/C62H40N4/c1-4-19-43(20-5-1)59-63-60(44-21-6-2-7-22-44)65-61(64-59)45-34-32-42(33-35-45)58-48-25-11-10-18-41(48)36-38-49(58)46-37-39-51-50-26-12-13-27-52(50)62(55(51)40-46)53-28-14-16-30-56(53)66(47-23-8-3-9-24-47)57-31-17-15-29-54(57)62/h1-40H. The van der Waals surface area contributed by atoms with E-state index in [1.807, 2.05) is 60.7 Å². The molecule has 0 atom stereocenters. The molecule has 0 saturated carbocycles. The maximum Gasteiger partial charge on any atom is 0.164 e. The molecule has 0 bridgehead atoms. The maximum atomic E-state index is 5.04. The van der Waals surface area contributed by atoms with E-state index in [1.165, 1.54) is 72.2 Å². The summed E-state index contributed by atoms with van der Waals surface area (Å²) in [4.78, 5) is 17.4. The lowest BCUT2D eigenvalue weighted by Gasteiger charge is -2.45. The monoisotopic (exact) mass is 840 g/mol. The van der Waals surface area contributed by atoms with Crippen LogP contribution in [0.2, 0.25) is 0 Å². The Kier molecular flexibility index (Phi) is 8.72. The van der Waals surface area contributed by atoms with Crippen molar-refractivity contribution in [1.29, 1.82) is 0 Å². The van der Waals surface area contributed by atoms with Gasteiger partial charge in [-0.25, -0.2) is 15.0 Å². The van der Waals surface area contributed by atoms with Crippen molar-refractivity contribution in [1.82, 2.24) is 15.0 Å². The summed E-state index contributed by atoms with van der Waals surface area (Å²) < 4.78 is 0. The summed E-state index contributed by atoms with van der Waals surface area (Å²) in [5.41, 5.74) is 18.1. The predicted octanol–water partition coefficient (Wildman–Crippen LogP) is 15.5. The third kappa shape index (κ3) is 5.82. The summed E-state index contributed by atoms with van der Waals surface area (Å²) in [6.07, 6.45) is 0. The molecule has 0 saturated heterocycles. The van der Waals surface area contributed by atoms with E-state index < -0.39 is 5.41 Å². The lowest BCUT2D eigenvalue weighted by atomic mass is 9.64. The average molecular weight is 841 g/mol. The molecular formula is C62H40N4. The quantitative estimate of drug-likeness (QED) is 0.167. The number of benzene rings is 10. The van der Waals surface area contributed by atoms with Crippen LogP contribution in [0.3, 0.4) is 0 Å². The Morgan fingerprint density at radius 1 is 0.303 bits per heavy atom. The average Bonchev–Trinajstić information content (AvgIpc) is 3.69. The van der Waals surface area contributed by atoms with Gasteiger partial charge in [0.1, 0.15) is 0 Å². The Morgan fingerprint density at radius 2 is 0.758 bits per heavy atom. The van der Waals surface area contributed by atoms with E-state index >= 15 is 0 Å². The Balaban J connectivity index is 0.994. The molecule has 10 aromatic carbocycles. The molecule has 0 amide bonds. The second-order valence-electron chi connectivity index (χ2n) is 17.1. The van der Waals surface area contributed by atoms with Crippen LogP contribution in [0.15, 0.2) is 243 Å². The highest BCUT2D eigenvalue weighted by Crippen LogP contribution is 2.63. The lowest BCUT2D eigenvalue weighted by Crippen LogP contribution is -2.36. The summed E-state index contributed by atoms with van der Waals surface area (Å²) in [6, 6.07) is 87.4. The van der Waals surface area contributed by atoms with Crippen LogP contribution in [0.4, 0.5) is 17.1 Å². The van der Waals surface area contributed by atoms with Gasteiger partial charge >= 0.3 is 0 Å². The largest absolute Gasteiger partial charge is 0.310 e. The third-order valence-corrected chi connectivity index (χ3v) is 13.5. The van der Waals surface area contributed by atoms with Crippen LogP contribution in [0.25, 0.3) is 78.3 Å². The third-order valence-electron chi connectivity index (χ3n) is 13.5. The number of aromatic nitrogens is 3. The van der Waals surface area contributed by atoms with E-state index in [4.69, 9.17) is 15.0 Å². The van der Waals surface area contributed by atoms with Crippen molar-refractivity contribution in [3.05, 3.63) is 265 Å². The molecule has 2 heterocycles. The molecule has 1 aliphatic carbocycles. The zero-order valence-corrected chi connectivity index (χ0v) is 35.9. The molecule has 0 unspecified atom stereocenters. The molecule has 0 radical (unpaired) electrons. The number of rotatable bonds is 6. The number of hydrogen-bond acceptors (Lipinski definition) is 4. The van der Waals surface area contributed by atoms with Gasteiger partial charge in [-0.1, -0.05) is 212 Å². The summed E-state index contributed by atoms with van der Waals surface area (Å²) in [5.74, 6) is 1.93. The Hall–Kier alpha value is -8.73. The van der Waals surface area contributed by atoms with Crippen molar-refractivity contribution < 1.29 is 0 Å². The van der Waals surface area contributed by atoms with Crippen LogP contribution in [0, 0.1) is 0 Å². The van der Waals surface area contributed by atoms with Crippen LogP contribution in [0.5, 0.6) is 0 Å². The van der Waals surface area contributed by atoms with Crippen molar-refractivity contribution in [2.45, 2.75) is 5.41 Å². The zero-order chi connectivity index (χ0) is 43.6. The van der Waals surface area contributed by atoms with Crippen molar-refractivity contribution in [3.8, 4) is 67.5 Å². The Morgan fingerprint density at radius 3 is 1.39 bits per heavy atom. The first-order valence-corrected chi connectivity index (χ1v) is 22.5. The first kappa shape index (κ1) is 37.8. The lowest BCUT2D eigenvalue weighted by molar-refractivity contribution is 0.753. The second kappa shape index (κ2) is 15.2. The van der Waals surface area contributed by atoms with Crippen LogP contribution in [-0.2, 0) is 5.41 Å². The number of para-hydroxylation sites is 3. The minimum atomic E-state index is -0.555. The molecule has 1 spiro atoms. The summed E-state index contributed by atoms with van der Waals surface area (Å²) in [7, 11) is 0. The Labute approximate surface area is 383 Å². The van der Waals surface area contributed by atoms with Gasteiger partial charge in [-0.05, 0) is 96.7 Å². The number of hydrogen-bond donors (Lipinski definition) is 0. The van der Waals surface area contributed by atoms with Gasteiger partial charge < -0.3 is 4.90 Å². The fourth-order valence-corrected chi connectivity index (χ4v) is 10.7. The molecule has 11 aromatic rings. The normalized spacial score (nSPS) is 12.9. The van der Waals surface area contributed by atoms with E-state index in [0.29, 0.717) is 17.5 Å². The molecule has 1 aromatic heterocycles. The van der Waals surface area contributed by atoms with Crippen molar-refractivity contribution >= 4 is 27.8 Å². The van der Waals surface area contributed by atoms with Crippen LogP contribution in [-0.4, -0.2) is 15.0 Å². The second-order valence-corrected chi connectivity index (χ2v) is 17.1. The van der Waals surface area contributed by atoms with Crippen molar-refractivity contribution in [2.75, 3.05) is 4.90 Å². The minimum absolute atomic E-state index is 0.555. The SMILES string of the molecule is c1ccc(-c2nc(-c3ccccc3)nc(-c3ccc(-c4c(-c5ccc6c(c5)C5(c7ccccc7-6)c6ccccc6N(c6ccccc6)c6ccccc65)ccc5ccccc45)cc3)n2)cc1. The summed E-state index contributed by atoms with van der Waals surface area (Å²) in [6.45, 7) is 0. The van der Waals surface area contributed by atoms with Gasteiger partial charge in [0.05, 0.1) is 16.8 Å². The smallest absolute Gasteiger partial charge is 0.164 e. The summed E-state index contributed by atoms with van der Waals surface area (Å²) in [5, 5.41) is 2.39. The molecule has 66 heavy (non-hydrogen) atoms. The van der Waals surface area contributed by atoms with Gasteiger partial charge in [-0.3, -0.25) is 0 Å². The fraction of sp³-hybridized carbons (Fsp3) is 0.0161. The fourth-order valence-electron chi connectivity index (χ4n) is 10.7. The van der Waals surface area contributed by atoms with E-state index in [-0.39, 0.29) is 0 Å². The minimum Gasteiger partial charge on any atom is -0.310 e. The number of nitrogens with zero attached hydrogens (tertiary/aromatic N) is 4. The topological polar surface area (TPSA) is 41.9 Å². The number of anilines is 3. The van der Waals surface area contributed by atoms with Gasteiger partial charge in [0.25, 0.3) is 0 Å². The van der Waals surface area contributed by atoms with Gasteiger partial charge in [0, 0.05) is 22.4 Å². The van der Waals surface area contributed by atoms with Gasteiger partial charge in [-0.15, -0.1) is 0 Å². The maximum absolute atomic E-state index is 5.04. The molecule has 2 aliphatic rings. The van der Waals surface area contributed by atoms with E-state index in [1.54, 1.807) is 0 Å². The van der Waals surface area contributed by atoms with E-state index in [9.17, 15) is 0 Å². The molecule has 308 valence electrons. The van der Waals surface area contributed by atoms with Crippen LogP contribution in [0.1, 0.15) is 22.3 Å². The highest BCUT2D eigenvalue weighted by atomic mass is 15.2. The molecule has 13 rings (SSSR count). The first-order chi connectivity index (χ1) is 32.7. The summed E-state index contributed by atoms with van der Waals surface area (Å²) >= 11 is 0. The number of fused-ring (bicyclic) bond motifs is 10. The van der Waals surface area contributed by atoms with Crippen molar-refractivity contribution in [2.24, 2.45) is 0 Å². The van der Waals surface area contributed by atoms with Crippen molar-refractivity contribution in [3.63, 3.8) is 0 Å². The highest BCUT2D eigenvalue weighted by Gasteiger charge is 2.51. The van der Waals surface area contributed by atoms with Gasteiger partial charge in [0.2, 0.25) is 0 Å². The molecule has 4 heteroatoms. The van der Waals surface area contributed by atoms with E-state index in [2.05, 4.69) is 187 Å². The Bertz CT molecular complexity index is 3540. The van der Waals surface area contributed by atoms with Crippen LogP contribution >= 0.6 is 0 Å². The molecular weight excluding hydrogens is 801 g/mol. The van der Waals surface area contributed by atoms with Gasteiger partial charge in [0.15, 0.2) is 17.5 Å². The predicted molar refractivity (Wildman–Crippen MR) is 270 cm³/mol. The van der Waals surface area contributed by atoms with Gasteiger partial charge in [-0.2, -0.15) is 0 Å². The zero-order valence-electron chi connectivity index (χ0n) is 35.9. The first-order valence-electron chi connectivity index (χ1n) is 22.5. The molecule has 0 N–H and O–H groups in total. The molecule has 4 nitrogen and oxygen atoms in total.